The van der Waals surface area contributed by atoms with Crippen LogP contribution >= 0.6 is 24.0 Å². The Bertz CT molecular complexity index is 1340. The Kier molecular flexibility index (Phi) is 6.27. The summed E-state index contributed by atoms with van der Waals surface area (Å²) in [7, 11) is 0. The molecule has 0 N–H and O–H groups in total. The maximum Gasteiger partial charge on any atom is 0.267 e. The fraction of sp³-hybridized carbons (Fsp3) is 0.308. The molecule has 3 aromatic rings. The molecule has 2 fully saturated rings. The minimum absolute atomic E-state index is 0.179. The monoisotopic (exact) mass is 490 g/mol. The molecule has 0 saturated carbocycles. The zero-order valence-electron chi connectivity index (χ0n) is 19.2. The second-order valence-electron chi connectivity index (χ2n) is 8.89. The number of amides is 1. The van der Waals surface area contributed by atoms with Crippen molar-refractivity contribution in [2.75, 3.05) is 18.0 Å². The van der Waals surface area contributed by atoms with Crippen LogP contribution in [-0.2, 0) is 4.79 Å². The summed E-state index contributed by atoms with van der Waals surface area (Å²) in [6.45, 7) is 5.89. The number of thioether (sulfide) groups is 1. The summed E-state index contributed by atoms with van der Waals surface area (Å²) in [5.41, 5.74) is 1.87. The number of carbonyl (C=O) groups excluding carboxylic acids is 1. The van der Waals surface area contributed by atoms with Gasteiger partial charge in [0.25, 0.3) is 11.5 Å². The third-order valence-corrected chi connectivity index (χ3v) is 7.93. The average Bonchev–Trinajstić information content (AvgIpc) is 3.14. The molecule has 2 saturated heterocycles. The van der Waals surface area contributed by atoms with Crippen LogP contribution in [0.1, 0.15) is 43.9 Å². The third-order valence-electron chi connectivity index (χ3n) is 6.60. The molecule has 2 aromatic heterocycles. The fourth-order valence-electron chi connectivity index (χ4n) is 4.50. The van der Waals surface area contributed by atoms with E-state index in [1.807, 2.05) is 55.5 Å². The lowest BCUT2D eigenvalue weighted by Crippen LogP contribution is -2.36. The summed E-state index contributed by atoms with van der Waals surface area (Å²) in [5.74, 6) is 1.11. The van der Waals surface area contributed by atoms with Crippen LogP contribution in [0.3, 0.4) is 0 Å². The number of thiocarbonyl (C=S) groups is 1. The van der Waals surface area contributed by atoms with Crippen LogP contribution in [0.2, 0.25) is 0 Å². The fourth-order valence-corrected chi connectivity index (χ4v) is 5.90. The van der Waals surface area contributed by atoms with Gasteiger partial charge in [0.1, 0.15) is 15.8 Å². The number of benzene rings is 1. The van der Waals surface area contributed by atoms with Crippen molar-refractivity contribution in [3.63, 3.8) is 0 Å². The number of carbonyl (C=O) groups is 1. The molecule has 5 rings (SSSR count). The predicted octanol–water partition coefficient (Wildman–Crippen LogP) is 4.89. The van der Waals surface area contributed by atoms with Crippen molar-refractivity contribution in [1.82, 2.24) is 14.3 Å². The van der Waals surface area contributed by atoms with E-state index in [-0.39, 0.29) is 17.5 Å². The summed E-state index contributed by atoms with van der Waals surface area (Å²) in [6, 6.07) is 15.1. The molecule has 1 atom stereocenters. The quantitative estimate of drug-likeness (QED) is 0.383. The molecule has 2 aliphatic heterocycles. The zero-order valence-corrected chi connectivity index (χ0v) is 20.8. The maximum absolute atomic E-state index is 13.6. The molecular formula is C26H26N4O2S2. The van der Waals surface area contributed by atoms with Crippen LogP contribution in [0, 0.1) is 5.92 Å². The SMILES string of the molecule is CC1CCN(c2nc3ccccn3c(=O)c2/C=C2\SC(=S)N([C@@H](C)c3ccccc3)C2=O)CC1. The van der Waals surface area contributed by atoms with Gasteiger partial charge >= 0.3 is 0 Å². The Morgan fingerprint density at radius 2 is 1.79 bits per heavy atom. The van der Waals surface area contributed by atoms with Crippen molar-refractivity contribution < 1.29 is 4.79 Å². The topological polar surface area (TPSA) is 57.9 Å². The van der Waals surface area contributed by atoms with Gasteiger partial charge in [-0.25, -0.2) is 4.98 Å². The van der Waals surface area contributed by atoms with Crippen molar-refractivity contribution >= 4 is 51.7 Å². The highest BCUT2D eigenvalue weighted by molar-refractivity contribution is 8.26. The standard InChI is InChI=1S/C26H26N4O2S2/c1-17-11-14-28(15-12-17)23-20(24(31)29-13-7-6-10-22(29)27-23)16-21-25(32)30(26(33)34-21)18(2)19-8-4-3-5-9-19/h3-10,13,16-18H,11-12,14-15H2,1-2H3/b21-16-/t18-/m0/s1. The van der Waals surface area contributed by atoms with Crippen LogP contribution in [0.4, 0.5) is 5.82 Å². The highest BCUT2D eigenvalue weighted by atomic mass is 32.2. The van der Waals surface area contributed by atoms with E-state index in [0.717, 1.165) is 31.5 Å². The van der Waals surface area contributed by atoms with E-state index in [2.05, 4.69) is 11.8 Å². The first kappa shape index (κ1) is 22.8. The van der Waals surface area contributed by atoms with Crippen molar-refractivity contribution in [1.29, 1.82) is 0 Å². The van der Waals surface area contributed by atoms with Gasteiger partial charge in [0, 0.05) is 19.3 Å². The van der Waals surface area contributed by atoms with Crippen LogP contribution in [-0.4, -0.2) is 37.6 Å². The Morgan fingerprint density at radius 1 is 1.09 bits per heavy atom. The first-order valence-electron chi connectivity index (χ1n) is 11.5. The molecule has 0 bridgehead atoms. The molecule has 8 heteroatoms. The maximum atomic E-state index is 13.6. The van der Waals surface area contributed by atoms with Crippen LogP contribution in [0.25, 0.3) is 11.7 Å². The molecule has 1 amide bonds. The summed E-state index contributed by atoms with van der Waals surface area (Å²) < 4.78 is 2.03. The van der Waals surface area contributed by atoms with Crippen LogP contribution in [0.5, 0.6) is 0 Å². The van der Waals surface area contributed by atoms with E-state index < -0.39 is 0 Å². The van der Waals surface area contributed by atoms with Gasteiger partial charge in [-0.2, -0.15) is 0 Å². The average molecular weight is 491 g/mol. The number of aromatic nitrogens is 2. The highest BCUT2D eigenvalue weighted by Crippen LogP contribution is 2.38. The van der Waals surface area contributed by atoms with Gasteiger partial charge in [0.2, 0.25) is 0 Å². The number of hydrogen-bond acceptors (Lipinski definition) is 6. The van der Waals surface area contributed by atoms with Gasteiger partial charge in [-0.05, 0) is 49.5 Å². The van der Waals surface area contributed by atoms with Crippen molar-refractivity contribution in [2.45, 2.75) is 32.7 Å². The van der Waals surface area contributed by atoms with E-state index in [1.54, 1.807) is 17.2 Å². The van der Waals surface area contributed by atoms with Crippen molar-refractivity contribution in [3.8, 4) is 0 Å². The Morgan fingerprint density at radius 3 is 2.53 bits per heavy atom. The second kappa shape index (κ2) is 9.35. The predicted molar refractivity (Wildman–Crippen MR) is 142 cm³/mol. The molecule has 174 valence electrons. The largest absolute Gasteiger partial charge is 0.356 e. The Hall–Kier alpha value is -2.97. The molecule has 6 nitrogen and oxygen atoms in total. The second-order valence-corrected chi connectivity index (χ2v) is 10.6. The number of pyridine rings is 1. The van der Waals surface area contributed by atoms with E-state index in [1.165, 1.54) is 16.2 Å². The minimum Gasteiger partial charge on any atom is -0.356 e. The Labute approximate surface area is 208 Å². The highest BCUT2D eigenvalue weighted by Gasteiger charge is 2.36. The van der Waals surface area contributed by atoms with E-state index in [4.69, 9.17) is 17.2 Å². The van der Waals surface area contributed by atoms with Gasteiger partial charge in [-0.3, -0.25) is 18.9 Å². The summed E-state index contributed by atoms with van der Waals surface area (Å²) in [4.78, 5) is 36.1. The minimum atomic E-state index is -0.196. The summed E-state index contributed by atoms with van der Waals surface area (Å²) >= 11 is 6.83. The molecule has 0 unspecified atom stereocenters. The molecule has 1 aromatic carbocycles. The molecule has 34 heavy (non-hydrogen) atoms. The Balaban J connectivity index is 1.57. The molecule has 0 aliphatic carbocycles. The molecule has 2 aliphatic rings. The van der Waals surface area contributed by atoms with Gasteiger partial charge in [-0.1, -0.05) is 67.3 Å². The zero-order chi connectivity index (χ0) is 23.8. The normalized spacial score (nSPS) is 19.4. The van der Waals surface area contributed by atoms with E-state index in [0.29, 0.717) is 32.2 Å². The van der Waals surface area contributed by atoms with Gasteiger partial charge in [0.05, 0.1) is 16.5 Å². The summed E-state index contributed by atoms with van der Waals surface area (Å²) in [5, 5.41) is 0. The molecule has 0 spiro atoms. The third kappa shape index (κ3) is 4.16. The number of rotatable bonds is 4. The van der Waals surface area contributed by atoms with Crippen LogP contribution in [0.15, 0.2) is 64.4 Å². The first-order chi connectivity index (χ1) is 16.4. The molecule has 0 radical (unpaired) electrons. The lowest BCUT2D eigenvalue weighted by Gasteiger charge is -2.32. The van der Waals surface area contributed by atoms with Gasteiger partial charge in [0.15, 0.2) is 0 Å². The summed E-state index contributed by atoms with van der Waals surface area (Å²) in [6.07, 6.45) is 5.50. The van der Waals surface area contributed by atoms with Gasteiger partial charge < -0.3 is 4.90 Å². The number of nitrogens with zero attached hydrogens (tertiary/aromatic N) is 4. The van der Waals surface area contributed by atoms with Gasteiger partial charge in [-0.15, -0.1) is 0 Å². The van der Waals surface area contributed by atoms with Crippen molar-refractivity contribution in [2.24, 2.45) is 5.92 Å². The number of fused-ring (bicyclic) bond motifs is 1. The van der Waals surface area contributed by atoms with E-state index >= 15 is 0 Å². The number of hydrogen-bond donors (Lipinski definition) is 0. The lowest BCUT2D eigenvalue weighted by molar-refractivity contribution is -0.123. The lowest BCUT2D eigenvalue weighted by atomic mass is 9.99. The smallest absolute Gasteiger partial charge is 0.267 e. The first-order valence-corrected chi connectivity index (χ1v) is 12.7. The van der Waals surface area contributed by atoms with Crippen LogP contribution < -0.4 is 10.5 Å². The number of piperidine rings is 1. The molecule has 4 heterocycles. The molecular weight excluding hydrogens is 464 g/mol. The van der Waals surface area contributed by atoms with Crippen molar-refractivity contribution in [3.05, 3.63) is 81.1 Å². The van der Waals surface area contributed by atoms with E-state index in [9.17, 15) is 9.59 Å². The number of anilines is 1.